The van der Waals surface area contributed by atoms with Crippen LogP contribution < -0.4 is 0 Å². The Balaban J connectivity index is 2.88. The van der Waals surface area contributed by atoms with Gasteiger partial charge in [-0.05, 0) is 20.8 Å². The summed E-state index contributed by atoms with van der Waals surface area (Å²) in [6, 6.07) is 0.870. The molecule has 7 heteroatoms. The molecular weight excluding hydrogens is 266 g/mol. The molecule has 1 N–H and O–H groups in total. The molecule has 0 bridgehead atoms. The molecule has 0 aromatic carbocycles. The Kier molecular flexibility index (Phi) is 5.48. The Hall–Kier alpha value is -1.42. The maximum atomic E-state index is 12.5. The number of amides is 2. The molecular formula is C12H19N3O3S. The van der Waals surface area contributed by atoms with E-state index in [1.54, 1.807) is 4.90 Å². The number of nitriles is 1. The number of aliphatic carboxylic acids is 1. The Morgan fingerprint density at radius 1 is 1.58 bits per heavy atom. The number of hydrogen-bond acceptors (Lipinski definition) is 4. The molecule has 0 radical (unpaired) electrons. The van der Waals surface area contributed by atoms with Gasteiger partial charge in [0.25, 0.3) is 0 Å². The molecule has 6 nitrogen and oxygen atoms in total. The minimum Gasteiger partial charge on any atom is -0.480 e. The molecule has 0 aliphatic carbocycles. The van der Waals surface area contributed by atoms with Crippen LogP contribution in [0.3, 0.4) is 0 Å². The number of urea groups is 1. The third-order valence-electron chi connectivity index (χ3n) is 3.06. The lowest BCUT2D eigenvalue weighted by Gasteiger charge is -2.34. The second kappa shape index (κ2) is 6.66. The van der Waals surface area contributed by atoms with E-state index in [0.717, 1.165) is 0 Å². The van der Waals surface area contributed by atoms with Crippen molar-refractivity contribution in [1.29, 1.82) is 5.26 Å². The molecule has 2 unspecified atom stereocenters. The summed E-state index contributed by atoms with van der Waals surface area (Å²) in [5.41, 5.74) is 0. The van der Waals surface area contributed by atoms with E-state index in [4.69, 9.17) is 10.4 Å². The monoisotopic (exact) mass is 285 g/mol. The summed E-state index contributed by atoms with van der Waals surface area (Å²) in [6.45, 7) is 5.87. The van der Waals surface area contributed by atoms with Crippen molar-refractivity contribution < 1.29 is 14.7 Å². The molecule has 0 aromatic heterocycles. The molecule has 0 spiro atoms. The van der Waals surface area contributed by atoms with E-state index in [1.165, 1.54) is 16.7 Å². The summed E-state index contributed by atoms with van der Waals surface area (Å²) in [6.07, 6.45) is 0.247. The highest BCUT2D eigenvalue weighted by Gasteiger charge is 2.41. The zero-order chi connectivity index (χ0) is 14.6. The highest BCUT2D eigenvalue weighted by molar-refractivity contribution is 8.00. The van der Waals surface area contributed by atoms with Crippen LogP contribution in [-0.4, -0.2) is 56.7 Å². The fraction of sp³-hybridized carbons (Fsp3) is 0.750. The van der Waals surface area contributed by atoms with Crippen molar-refractivity contribution in [1.82, 2.24) is 9.80 Å². The molecule has 1 heterocycles. The van der Waals surface area contributed by atoms with Gasteiger partial charge in [-0.2, -0.15) is 5.26 Å². The molecule has 1 aliphatic rings. The minimum absolute atomic E-state index is 0.0619. The largest absolute Gasteiger partial charge is 0.480 e. The van der Waals surface area contributed by atoms with Crippen molar-refractivity contribution in [3.05, 3.63) is 0 Å². The minimum atomic E-state index is -0.978. The third kappa shape index (κ3) is 3.53. The van der Waals surface area contributed by atoms with Crippen LogP contribution in [0.15, 0.2) is 0 Å². The van der Waals surface area contributed by atoms with E-state index >= 15 is 0 Å². The van der Waals surface area contributed by atoms with Gasteiger partial charge in [0.15, 0.2) is 0 Å². The SMILES string of the molecule is CC(C)N(CCC#N)C(=O)N1C(C)SCC1C(=O)O. The molecule has 1 rings (SSSR count). The number of nitrogens with zero attached hydrogens (tertiary/aromatic N) is 3. The first-order chi connectivity index (χ1) is 8.90. The number of carbonyl (C=O) groups is 2. The van der Waals surface area contributed by atoms with Crippen molar-refractivity contribution in [2.75, 3.05) is 12.3 Å². The smallest absolute Gasteiger partial charge is 0.327 e. The topological polar surface area (TPSA) is 84.6 Å². The molecule has 0 aromatic rings. The number of thioether (sulfide) groups is 1. The fourth-order valence-electron chi connectivity index (χ4n) is 2.02. The first kappa shape index (κ1) is 15.6. The van der Waals surface area contributed by atoms with Gasteiger partial charge in [0, 0.05) is 18.3 Å². The quantitative estimate of drug-likeness (QED) is 0.847. The zero-order valence-corrected chi connectivity index (χ0v) is 12.2. The molecule has 106 valence electrons. The van der Waals surface area contributed by atoms with E-state index in [-0.39, 0.29) is 23.9 Å². The van der Waals surface area contributed by atoms with Crippen LogP contribution in [0.1, 0.15) is 27.2 Å². The second-order valence-corrected chi connectivity index (χ2v) is 6.02. The van der Waals surface area contributed by atoms with Crippen LogP contribution in [0, 0.1) is 11.3 Å². The van der Waals surface area contributed by atoms with Gasteiger partial charge in [0.05, 0.1) is 17.9 Å². The van der Waals surface area contributed by atoms with Crippen LogP contribution in [0.2, 0.25) is 0 Å². The number of carboxylic acid groups (broad SMARTS) is 1. The van der Waals surface area contributed by atoms with Crippen molar-refractivity contribution in [3.8, 4) is 6.07 Å². The predicted octanol–water partition coefficient (Wildman–Crippen LogP) is 1.58. The summed E-state index contributed by atoms with van der Waals surface area (Å²) in [7, 11) is 0. The Bertz CT molecular complexity index is 394. The first-order valence-electron chi connectivity index (χ1n) is 6.20. The predicted molar refractivity (Wildman–Crippen MR) is 72.7 cm³/mol. The highest BCUT2D eigenvalue weighted by Crippen LogP contribution is 2.30. The molecule has 0 saturated carbocycles. The molecule has 1 aliphatic heterocycles. The molecule has 19 heavy (non-hydrogen) atoms. The van der Waals surface area contributed by atoms with Crippen LogP contribution in [0.4, 0.5) is 4.79 Å². The Morgan fingerprint density at radius 3 is 2.68 bits per heavy atom. The Labute approximate surface area is 117 Å². The lowest BCUT2D eigenvalue weighted by molar-refractivity contribution is -0.141. The number of carboxylic acids is 1. The van der Waals surface area contributed by atoms with Gasteiger partial charge in [-0.1, -0.05) is 0 Å². The zero-order valence-electron chi connectivity index (χ0n) is 11.4. The summed E-state index contributed by atoms with van der Waals surface area (Å²) in [4.78, 5) is 26.6. The van der Waals surface area contributed by atoms with E-state index in [2.05, 4.69) is 0 Å². The fourth-order valence-corrected chi connectivity index (χ4v) is 3.18. The van der Waals surface area contributed by atoms with Crippen LogP contribution in [0.25, 0.3) is 0 Å². The van der Waals surface area contributed by atoms with Crippen molar-refractivity contribution in [2.45, 2.75) is 44.6 Å². The summed E-state index contributed by atoms with van der Waals surface area (Å²) in [5, 5.41) is 17.6. The number of carbonyl (C=O) groups excluding carboxylic acids is 1. The van der Waals surface area contributed by atoms with E-state index in [1.807, 2.05) is 26.8 Å². The maximum absolute atomic E-state index is 12.5. The summed E-state index contributed by atoms with van der Waals surface area (Å²) >= 11 is 1.46. The van der Waals surface area contributed by atoms with Crippen molar-refractivity contribution in [3.63, 3.8) is 0 Å². The van der Waals surface area contributed by atoms with Crippen molar-refractivity contribution >= 4 is 23.8 Å². The maximum Gasteiger partial charge on any atom is 0.327 e. The Morgan fingerprint density at radius 2 is 2.21 bits per heavy atom. The molecule has 2 amide bonds. The first-order valence-corrected chi connectivity index (χ1v) is 7.25. The van der Waals surface area contributed by atoms with Gasteiger partial charge in [-0.25, -0.2) is 9.59 Å². The lowest BCUT2D eigenvalue weighted by atomic mass is 10.2. The average Bonchev–Trinajstić information content (AvgIpc) is 2.71. The van der Waals surface area contributed by atoms with Gasteiger partial charge in [-0.3, -0.25) is 4.90 Å². The second-order valence-electron chi connectivity index (χ2n) is 4.67. The summed E-state index contributed by atoms with van der Waals surface area (Å²) in [5.74, 6) is -0.568. The average molecular weight is 285 g/mol. The lowest BCUT2D eigenvalue weighted by Crippen LogP contribution is -2.53. The molecule has 2 atom stereocenters. The molecule has 1 fully saturated rings. The standard InChI is InChI=1S/C12H19N3O3S/c1-8(2)14(6-4-5-13)12(18)15-9(3)19-7-10(15)11(16)17/h8-10H,4,6-7H2,1-3H3,(H,16,17). The normalized spacial score (nSPS) is 22.4. The summed E-state index contributed by atoms with van der Waals surface area (Å²) < 4.78 is 0. The van der Waals surface area contributed by atoms with E-state index in [0.29, 0.717) is 12.3 Å². The van der Waals surface area contributed by atoms with Crippen molar-refractivity contribution in [2.24, 2.45) is 0 Å². The van der Waals surface area contributed by atoms with Gasteiger partial charge in [-0.15, -0.1) is 11.8 Å². The third-order valence-corrected chi connectivity index (χ3v) is 4.28. The molecule has 1 saturated heterocycles. The van der Waals surface area contributed by atoms with Crippen LogP contribution >= 0.6 is 11.8 Å². The van der Waals surface area contributed by atoms with Crippen LogP contribution in [0.5, 0.6) is 0 Å². The highest BCUT2D eigenvalue weighted by atomic mass is 32.2. The van der Waals surface area contributed by atoms with Gasteiger partial charge < -0.3 is 10.0 Å². The van der Waals surface area contributed by atoms with Gasteiger partial charge >= 0.3 is 12.0 Å². The van der Waals surface area contributed by atoms with Gasteiger partial charge in [0.2, 0.25) is 0 Å². The number of rotatable bonds is 4. The van der Waals surface area contributed by atoms with Crippen LogP contribution in [-0.2, 0) is 4.79 Å². The van der Waals surface area contributed by atoms with E-state index < -0.39 is 12.0 Å². The number of hydrogen-bond donors (Lipinski definition) is 1. The van der Waals surface area contributed by atoms with Gasteiger partial charge in [0.1, 0.15) is 6.04 Å². The van der Waals surface area contributed by atoms with E-state index in [9.17, 15) is 9.59 Å².